The Hall–Kier alpha value is -1.04. The van der Waals surface area contributed by atoms with Crippen molar-refractivity contribution in [2.45, 2.75) is 6.42 Å². The molecule has 0 aromatic carbocycles. The van der Waals surface area contributed by atoms with Crippen LogP contribution in [-0.2, 0) is 4.79 Å². The van der Waals surface area contributed by atoms with Crippen molar-refractivity contribution in [3.8, 4) is 0 Å². The van der Waals surface area contributed by atoms with E-state index in [2.05, 4.69) is 26.3 Å². The van der Waals surface area contributed by atoms with Crippen molar-refractivity contribution >= 4 is 11.9 Å². The molecule has 0 radical (unpaired) electrons. The van der Waals surface area contributed by atoms with Crippen LogP contribution in [0, 0.1) is 0 Å². The summed E-state index contributed by atoms with van der Waals surface area (Å²) in [6.07, 6.45) is 2.20. The molecule has 0 unspecified atom stereocenters. The molecule has 0 aliphatic carbocycles. The summed E-state index contributed by atoms with van der Waals surface area (Å²) in [6.45, 7) is 4.97. The minimum absolute atomic E-state index is 0. The first-order chi connectivity index (χ1) is 7.90. The second-order valence-electron chi connectivity index (χ2n) is 4.36. The van der Waals surface area contributed by atoms with Crippen LogP contribution >= 0.6 is 0 Å². The summed E-state index contributed by atoms with van der Waals surface area (Å²) in [6, 6.07) is 0. The van der Waals surface area contributed by atoms with Crippen molar-refractivity contribution in [2.24, 2.45) is 0 Å². The van der Waals surface area contributed by atoms with Crippen molar-refractivity contribution in [1.29, 1.82) is 0 Å². The van der Waals surface area contributed by atoms with Crippen molar-refractivity contribution in [3.63, 3.8) is 0 Å². The first-order valence-corrected chi connectivity index (χ1v) is 5.73. The number of hydrogen-bond acceptors (Lipinski definition) is 1. The maximum atomic E-state index is 10.9. The molecule has 0 saturated carbocycles. The second-order valence-corrected chi connectivity index (χ2v) is 4.36. The van der Waals surface area contributed by atoms with Crippen LogP contribution in [0.3, 0.4) is 0 Å². The van der Waals surface area contributed by atoms with Crippen LogP contribution < -0.4 is 22.3 Å². The molecule has 0 saturated heterocycles. The Bertz CT molecular complexity index is 298. The number of rotatable bonds is 5. The highest BCUT2D eigenvalue weighted by Gasteiger charge is 2.17. The fourth-order valence-electron chi connectivity index (χ4n) is 1.78. The van der Waals surface area contributed by atoms with Gasteiger partial charge in [0, 0.05) is 6.54 Å². The standard InChI is InChI=1S/C12H24N4O.BrH/c1-7-11(17)13-9-8-10-16(6)12(14(2)3)15(4)5;/h7H,1,8-10H2,2-6H3;1H. The van der Waals surface area contributed by atoms with Crippen LogP contribution in [0.1, 0.15) is 6.42 Å². The minimum atomic E-state index is -0.114. The largest absolute Gasteiger partial charge is 1.00 e. The summed E-state index contributed by atoms with van der Waals surface area (Å²) in [5.74, 6) is 1.03. The number of nitrogens with zero attached hydrogens (tertiary/aromatic N) is 3. The van der Waals surface area contributed by atoms with E-state index in [0.29, 0.717) is 6.54 Å². The van der Waals surface area contributed by atoms with Crippen molar-refractivity contribution in [3.05, 3.63) is 12.7 Å². The smallest absolute Gasteiger partial charge is 0.349 e. The lowest BCUT2D eigenvalue weighted by Gasteiger charge is -2.21. The van der Waals surface area contributed by atoms with E-state index in [9.17, 15) is 4.79 Å². The fraction of sp³-hybridized carbons (Fsp3) is 0.667. The third-order valence-electron chi connectivity index (χ3n) is 2.30. The highest BCUT2D eigenvalue weighted by molar-refractivity contribution is 5.86. The van der Waals surface area contributed by atoms with Crippen LogP contribution in [-0.4, -0.2) is 74.6 Å². The Labute approximate surface area is 121 Å². The zero-order valence-corrected chi connectivity index (χ0v) is 13.6. The molecule has 0 aromatic rings. The lowest BCUT2D eigenvalue weighted by atomic mass is 10.4. The predicted octanol–water partition coefficient (Wildman–Crippen LogP) is -3.20. The van der Waals surface area contributed by atoms with Gasteiger partial charge in [-0.1, -0.05) is 6.58 Å². The van der Waals surface area contributed by atoms with E-state index < -0.39 is 0 Å². The van der Waals surface area contributed by atoms with E-state index in [1.165, 1.54) is 6.08 Å². The monoisotopic (exact) mass is 320 g/mol. The number of hydrogen-bond donors (Lipinski definition) is 1. The maximum Gasteiger partial charge on any atom is 0.349 e. The number of carbonyl (C=O) groups excluding carboxylic acids is 1. The van der Waals surface area contributed by atoms with Gasteiger partial charge in [0.2, 0.25) is 5.91 Å². The van der Waals surface area contributed by atoms with Crippen LogP contribution in [0.4, 0.5) is 0 Å². The zero-order valence-electron chi connectivity index (χ0n) is 12.0. The summed E-state index contributed by atoms with van der Waals surface area (Å²) in [5, 5.41) is 2.76. The van der Waals surface area contributed by atoms with Gasteiger partial charge in [0.15, 0.2) is 0 Å². The molecule has 1 amide bonds. The molecule has 0 heterocycles. The average molecular weight is 321 g/mol. The van der Waals surface area contributed by atoms with Gasteiger partial charge in [0.05, 0.1) is 41.8 Å². The zero-order chi connectivity index (χ0) is 13.4. The summed E-state index contributed by atoms with van der Waals surface area (Å²) < 4.78 is 2.07. The minimum Gasteiger partial charge on any atom is -1.00 e. The molecule has 0 bridgehead atoms. The van der Waals surface area contributed by atoms with Gasteiger partial charge >= 0.3 is 5.96 Å². The molecular formula is C12H25BrN4O. The molecule has 0 rings (SSSR count). The second kappa shape index (κ2) is 9.94. The summed E-state index contributed by atoms with van der Waals surface area (Å²) in [7, 11) is 10.1. The first-order valence-electron chi connectivity index (χ1n) is 5.73. The molecule has 0 aromatic heterocycles. The molecule has 6 heteroatoms. The molecule has 0 aliphatic heterocycles. The van der Waals surface area contributed by atoms with Crippen LogP contribution in [0.2, 0.25) is 0 Å². The normalized spacial score (nSPS) is 8.94. The van der Waals surface area contributed by atoms with Gasteiger partial charge in [-0.25, -0.2) is 0 Å². The van der Waals surface area contributed by atoms with Crippen molar-refractivity contribution in [1.82, 2.24) is 15.1 Å². The molecular weight excluding hydrogens is 296 g/mol. The van der Waals surface area contributed by atoms with E-state index in [1.54, 1.807) is 0 Å². The van der Waals surface area contributed by atoms with Gasteiger partial charge in [0.1, 0.15) is 0 Å². The summed E-state index contributed by atoms with van der Waals surface area (Å²) in [4.78, 5) is 15.2. The number of carbonyl (C=O) groups is 1. The third kappa shape index (κ3) is 7.32. The van der Waals surface area contributed by atoms with Gasteiger partial charge in [-0.3, -0.25) is 19.2 Å². The quantitative estimate of drug-likeness (QED) is 0.191. The molecule has 0 spiro atoms. The lowest BCUT2D eigenvalue weighted by molar-refractivity contribution is -0.475. The van der Waals surface area contributed by atoms with Gasteiger partial charge in [-0.05, 0) is 12.5 Å². The molecule has 0 atom stereocenters. The number of guanidine groups is 1. The Kier molecular flexibility index (Phi) is 10.7. The van der Waals surface area contributed by atoms with Crippen molar-refractivity contribution in [2.75, 3.05) is 48.3 Å². The van der Waals surface area contributed by atoms with Gasteiger partial charge in [-0.2, -0.15) is 0 Å². The average Bonchev–Trinajstić information content (AvgIpc) is 2.22. The van der Waals surface area contributed by atoms with Gasteiger partial charge < -0.3 is 22.3 Å². The van der Waals surface area contributed by atoms with Crippen LogP contribution in [0.25, 0.3) is 0 Å². The maximum absolute atomic E-state index is 10.9. The molecule has 0 fully saturated rings. The lowest BCUT2D eigenvalue weighted by Crippen LogP contribution is -3.00. The highest BCUT2D eigenvalue weighted by atomic mass is 79.9. The van der Waals surface area contributed by atoms with E-state index in [0.717, 1.165) is 18.9 Å². The SMILES string of the molecule is C=CC(=O)NCCCN(C)C(N(C)C)=[N+](C)C.[Br-]. The molecule has 0 aliphatic rings. The molecule has 106 valence electrons. The van der Waals surface area contributed by atoms with E-state index >= 15 is 0 Å². The topological polar surface area (TPSA) is 38.6 Å². The Morgan fingerprint density at radius 1 is 1.33 bits per heavy atom. The summed E-state index contributed by atoms with van der Waals surface area (Å²) >= 11 is 0. The van der Waals surface area contributed by atoms with Crippen LogP contribution in [0.5, 0.6) is 0 Å². The van der Waals surface area contributed by atoms with Gasteiger partial charge in [-0.15, -0.1) is 0 Å². The number of amides is 1. The molecule has 1 N–H and O–H groups in total. The highest BCUT2D eigenvalue weighted by Crippen LogP contribution is 1.93. The van der Waals surface area contributed by atoms with Gasteiger partial charge in [0.25, 0.3) is 0 Å². The number of nitrogens with one attached hydrogen (secondary N) is 1. The number of halogens is 1. The van der Waals surface area contributed by atoms with E-state index in [-0.39, 0.29) is 22.9 Å². The Balaban J connectivity index is 0. The van der Waals surface area contributed by atoms with Crippen LogP contribution in [0.15, 0.2) is 12.7 Å². The van der Waals surface area contributed by atoms with E-state index in [1.807, 2.05) is 35.2 Å². The van der Waals surface area contributed by atoms with E-state index in [4.69, 9.17) is 0 Å². The Morgan fingerprint density at radius 3 is 2.28 bits per heavy atom. The summed E-state index contributed by atoms with van der Waals surface area (Å²) in [5.41, 5.74) is 0. The predicted molar refractivity (Wildman–Crippen MR) is 71.3 cm³/mol. The molecule has 18 heavy (non-hydrogen) atoms. The fourth-order valence-corrected chi connectivity index (χ4v) is 1.78. The third-order valence-corrected chi connectivity index (χ3v) is 2.30. The first kappa shape index (κ1) is 19.3. The van der Waals surface area contributed by atoms with Crippen molar-refractivity contribution < 1.29 is 26.4 Å². The Morgan fingerprint density at radius 2 is 1.89 bits per heavy atom. The molecule has 5 nitrogen and oxygen atoms in total.